The standard InChI is InChI=1S/C2H3IO2S/c3-1-2-6(4)5/h1-2,6H/b2-1+. The lowest BCUT2D eigenvalue weighted by Gasteiger charge is -1.56. The second-order valence-corrected chi connectivity index (χ2v) is 2.15. The fourth-order valence-electron chi connectivity index (χ4n) is 0.0460. The van der Waals surface area contributed by atoms with Crippen LogP contribution < -0.4 is 0 Å². The third-order valence-corrected chi connectivity index (χ3v) is 1.50. The van der Waals surface area contributed by atoms with E-state index in [1.54, 1.807) is 0 Å². The largest absolute Gasteiger partial charge is 0.227 e. The molecule has 0 aromatic heterocycles. The Balaban J connectivity index is 3.62. The van der Waals surface area contributed by atoms with E-state index in [1.165, 1.54) is 4.08 Å². The van der Waals surface area contributed by atoms with Gasteiger partial charge in [0.2, 0.25) is 0 Å². The zero-order valence-electron chi connectivity index (χ0n) is 2.80. The van der Waals surface area contributed by atoms with Gasteiger partial charge in [-0.25, -0.2) is 8.42 Å². The molecule has 0 fully saturated rings. The van der Waals surface area contributed by atoms with Crippen LogP contribution in [0, 0.1) is 0 Å². The van der Waals surface area contributed by atoms with Gasteiger partial charge in [0, 0.05) is 5.41 Å². The van der Waals surface area contributed by atoms with E-state index in [4.69, 9.17) is 0 Å². The number of hydrogen-bond acceptors (Lipinski definition) is 2. The number of hydrogen-bond donors (Lipinski definition) is 1. The van der Waals surface area contributed by atoms with E-state index >= 15 is 0 Å². The van der Waals surface area contributed by atoms with E-state index in [0.717, 1.165) is 5.41 Å². The molecule has 0 aromatic rings. The van der Waals surface area contributed by atoms with Gasteiger partial charge in [0.15, 0.2) is 10.7 Å². The molecular weight excluding hydrogens is 215 g/mol. The molecule has 36 valence electrons. The average Bonchev–Trinajstić information content (AvgIpc) is 1.35. The average molecular weight is 218 g/mol. The SMILES string of the molecule is O=[SH](=O)/C=C/I. The first-order valence-corrected chi connectivity index (χ1v) is 3.67. The zero-order chi connectivity index (χ0) is 4.99. The molecule has 0 spiro atoms. The molecule has 0 radical (unpaired) electrons. The summed E-state index contributed by atoms with van der Waals surface area (Å²) >= 11 is 1.84. The third kappa shape index (κ3) is 4.42. The summed E-state index contributed by atoms with van der Waals surface area (Å²) < 4.78 is 20.5. The molecule has 0 heterocycles. The van der Waals surface area contributed by atoms with E-state index in [2.05, 4.69) is 0 Å². The van der Waals surface area contributed by atoms with Crippen molar-refractivity contribution in [2.75, 3.05) is 0 Å². The lowest BCUT2D eigenvalue weighted by molar-refractivity contribution is 0.622. The van der Waals surface area contributed by atoms with E-state index in [1.807, 2.05) is 22.6 Å². The van der Waals surface area contributed by atoms with Crippen molar-refractivity contribution in [3.05, 3.63) is 9.49 Å². The highest BCUT2D eigenvalue weighted by Gasteiger charge is 1.62. The molecule has 0 bridgehead atoms. The predicted molar refractivity (Wildman–Crippen MR) is 33.5 cm³/mol. The maximum absolute atomic E-state index is 9.54. The normalized spacial score (nSPS) is 11.0. The van der Waals surface area contributed by atoms with Crippen molar-refractivity contribution in [2.24, 2.45) is 0 Å². The summed E-state index contributed by atoms with van der Waals surface area (Å²) in [6.45, 7) is 0. The smallest absolute Gasteiger partial charge is 0.161 e. The summed E-state index contributed by atoms with van der Waals surface area (Å²) in [5, 5.41) is 1.11. The summed E-state index contributed by atoms with van der Waals surface area (Å²) in [5.74, 6) is 0. The minimum absolute atomic E-state index is 1.11. The van der Waals surface area contributed by atoms with Gasteiger partial charge in [-0.3, -0.25) is 0 Å². The molecule has 6 heavy (non-hydrogen) atoms. The molecule has 0 rings (SSSR count). The second-order valence-electron chi connectivity index (χ2n) is 0.560. The summed E-state index contributed by atoms with van der Waals surface area (Å²) in [6.07, 6.45) is 0. The molecule has 0 aromatic carbocycles. The van der Waals surface area contributed by atoms with Crippen LogP contribution in [-0.4, -0.2) is 8.42 Å². The maximum Gasteiger partial charge on any atom is 0.161 e. The first-order chi connectivity index (χ1) is 2.77. The minimum atomic E-state index is -2.29. The van der Waals surface area contributed by atoms with Gasteiger partial charge in [0.05, 0.1) is 0 Å². The fraction of sp³-hybridized carbons (Fsp3) is 0. The van der Waals surface area contributed by atoms with Crippen LogP contribution in [0.4, 0.5) is 0 Å². The quantitative estimate of drug-likeness (QED) is 0.513. The highest BCUT2D eigenvalue weighted by Crippen LogP contribution is 1.80. The number of rotatable bonds is 1. The van der Waals surface area contributed by atoms with Gasteiger partial charge < -0.3 is 0 Å². The van der Waals surface area contributed by atoms with Crippen LogP contribution in [0.3, 0.4) is 0 Å². The van der Waals surface area contributed by atoms with E-state index < -0.39 is 10.7 Å². The van der Waals surface area contributed by atoms with Gasteiger partial charge in [-0.15, -0.1) is 0 Å². The van der Waals surface area contributed by atoms with Crippen molar-refractivity contribution in [3.63, 3.8) is 0 Å². The van der Waals surface area contributed by atoms with Crippen LogP contribution in [-0.2, 0) is 10.7 Å². The van der Waals surface area contributed by atoms with Crippen molar-refractivity contribution in [1.82, 2.24) is 0 Å². The lowest BCUT2D eigenvalue weighted by Crippen LogP contribution is -1.56. The van der Waals surface area contributed by atoms with Crippen molar-refractivity contribution in [3.8, 4) is 0 Å². The topological polar surface area (TPSA) is 34.1 Å². The van der Waals surface area contributed by atoms with Crippen molar-refractivity contribution >= 4 is 33.3 Å². The van der Waals surface area contributed by atoms with Crippen molar-refractivity contribution < 1.29 is 8.42 Å². The highest BCUT2D eigenvalue weighted by molar-refractivity contribution is 14.1. The molecule has 0 unspecified atom stereocenters. The van der Waals surface area contributed by atoms with Gasteiger partial charge in [-0.2, -0.15) is 0 Å². The number of halogens is 1. The summed E-state index contributed by atoms with van der Waals surface area (Å²) in [4.78, 5) is 0. The first-order valence-electron chi connectivity index (χ1n) is 1.17. The Morgan fingerprint density at radius 3 is 2.00 bits per heavy atom. The van der Waals surface area contributed by atoms with Crippen LogP contribution in [0.5, 0.6) is 0 Å². The summed E-state index contributed by atoms with van der Waals surface area (Å²) in [5.41, 5.74) is 0. The van der Waals surface area contributed by atoms with Crippen molar-refractivity contribution in [1.29, 1.82) is 0 Å². The first kappa shape index (κ1) is 6.42. The molecule has 0 saturated carbocycles. The Labute approximate surface area is 51.3 Å². The lowest BCUT2D eigenvalue weighted by atomic mass is 11.3. The Morgan fingerprint density at radius 2 is 2.00 bits per heavy atom. The van der Waals surface area contributed by atoms with Crippen LogP contribution in [0.2, 0.25) is 0 Å². The molecule has 0 saturated heterocycles. The summed E-state index contributed by atoms with van der Waals surface area (Å²) in [6, 6.07) is 0. The molecule has 0 aliphatic carbocycles. The Kier molecular flexibility index (Phi) is 3.86. The van der Waals surface area contributed by atoms with Crippen LogP contribution in [0.15, 0.2) is 9.49 Å². The molecule has 0 amide bonds. The van der Waals surface area contributed by atoms with E-state index in [9.17, 15) is 8.42 Å². The molecule has 0 aliphatic rings. The second kappa shape index (κ2) is 3.60. The molecule has 4 heteroatoms. The predicted octanol–water partition coefficient (Wildman–Crippen LogP) is 0.504. The van der Waals surface area contributed by atoms with Crippen LogP contribution in [0.25, 0.3) is 0 Å². The minimum Gasteiger partial charge on any atom is -0.227 e. The van der Waals surface area contributed by atoms with Crippen LogP contribution in [0.1, 0.15) is 0 Å². The van der Waals surface area contributed by atoms with Gasteiger partial charge in [-0.05, 0) is 4.08 Å². The monoisotopic (exact) mass is 218 g/mol. The highest BCUT2D eigenvalue weighted by atomic mass is 127. The molecular formula is C2H3IO2S. The van der Waals surface area contributed by atoms with Gasteiger partial charge in [0.1, 0.15) is 0 Å². The van der Waals surface area contributed by atoms with Gasteiger partial charge in [0.25, 0.3) is 0 Å². The Morgan fingerprint density at radius 1 is 1.50 bits per heavy atom. The van der Waals surface area contributed by atoms with E-state index in [-0.39, 0.29) is 0 Å². The molecule has 0 N–H and O–H groups in total. The van der Waals surface area contributed by atoms with Crippen molar-refractivity contribution in [2.45, 2.75) is 0 Å². The Hall–Kier alpha value is 0.420. The number of thiol groups is 1. The molecule has 2 nitrogen and oxygen atoms in total. The van der Waals surface area contributed by atoms with Gasteiger partial charge in [-0.1, -0.05) is 22.6 Å². The fourth-order valence-corrected chi connectivity index (χ4v) is 0.926. The maximum atomic E-state index is 9.54. The molecule has 0 atom stereocenters. The summed E-state index contributed by atoms with van der Waals surface area (Å²) in [7, 11) is -2.29. The molecule has 0 aliphatic heterocycles. The zero-order valence-corrected chi connectivity index (χ0v) is 5.85. The Bertz CT molecular complexity index is 107. The van der Waals surface area contributed by atoms with Crippen LogP contribution >= 0.6 is 22.6 Å². The van der Waals surface area contributed by atoms with E-state index in [0.29, 0.717) is 0 Å². The van der Waals surface area contributed by atoms with Gasteiger partial charge >= 0.3 is 0 Å². The third-order valence-electron chi connectivity index (χ3n) is 0.178.